The van der Waals surface area contributed by atoms with E-state index in [4.69, 9.17) is 4.74 Å². The SMILES string of the molecule is COC(=O)c1cc2ccc(C)cc2c2cccc([N+](=O)[O-])c12. The second-order valence-corrected chi connectivity index (χ2v) is 5.10. The normalized spacial score (nSPS) is 10.8. The van der Waals surface area contributed by atoms with E-state index in [2.05, 4.69) is 0 Å². The van der Waals surface area contributed by atoms with Gasteiger partial charge in [0.15, 0.2) is 0 Å². The number of esters is 1. The van der Waals surface area contributed by atoms with Gasteiger partial charge in [-0.05, 0) is 29.1 Å². The summed E-state index contributed by atoms with van der Waals surface area (Å²) < 4.78 is 4.79. The molecule has 5 heteroatoms. The van der Waals surface area contributed by atoms with E-state index >= 15 is 0 Å². The second-order valence-electron chi connectivity index (χ2n) is 5.10. The van der Waals surface area contributed by atoms with Crippen LogP contribution < -0.4 is 0 Å². The van der Waals surface area contributed by atoms with Crippen molar-refractivity contribution in [2.24, 2.45) is 0 Å². The highest BCUT2D eigenvalue weighted by atomic mass is 16.6. The molecular weight excluding hydrogens is 282 g/mol. The van der Waals surface area contributed by atoms with Crippen LogP contribution in [-0.4, -0.2) is 18.0 Å². The molecule has 0 aliphatic heterocycles. The van der Waals surface area contributed by atoms with E-state index in [-0.39, 0.29) is 11.3 Å². The largest absolute Gasteiger partial charge is 0.465 e. The van der Waals surface area contributed by atoms with Crippen LogP contribution in [0, 0.1) is 17.0 Å². The third kappa shape index (κ3) is 2.07. The predicted molar refractivity (Wildman–Crippen MR) is 84.2 cm³/mol. The van der Waals surface area contributed by atoms with Gasteiger partial charge in [-0.1, -0.05) is 35.9 Å². The van der Waals surface area contributed by atoms with E-state index in [1.54, 1.807) is 18.2 Å². The topological polar surface area (TPSA) is 69.4 Å². The monoisotopic (exact) mass is 295 g/mol. The van der Waals surface area contributed by atoms with E-state index in [0.29, 0.717) is 10.8 Å². The number of fused-ring (bicyclic) bond motifs is 3. The molecule has 0 aromatic heterocycles. The molecule has 0 aliphatic carbocycles. The van der Waals surface area contributed by atoms with E-state index in [0.717, 1.165) is 16.3 Å². The molecule has 0 fully saturated rings. The fraction of sp³-hybridized carbons (Fsp3) is 0.118. The standard InChI is InChI=1S/C17H13NO4/c1-10-6-7-11-9-14(17(19)22-2)16-12(13(11)8-10)4-3-5-15(16)18(20)21/h3-9H,1-2H3. The average molecular weight is 295 g/mol. The zero-order valence-corrected chi connectivity index (χ0v) is 12.1. The van der Waals surface area contributed by atoms with Gasteiger partial charge in [-0.25, -0.2) is 4.79 Å². The van der Waals surface area contributed by atoms with Gasteiger partial charge in [-0.15, -0.1) is 0 Å². The van der Waals surface area contributed by atoms with Gasteiger partial charge in [0.2, 0.25) is 0 Å². The lowest BCUT2D eigenvalue weighted by molar-refractivity contribution is -0.383. The number of nitro groups is 1. The van der Waals surface area contributed by atoms with Crippen molar-refractivity contribution in [3.8, 4) is 0 Å². The van der Waals surface area contributed by atoms with E-state index in [9.17, 15) is 14.9 Å². The number of carbonyl (C=O) groups is 1. The average Bonchev–Trinajstić information content (AvgIpc) is 2.52. The van der Waals surface area contributed by atoms with Gasteiger partial charge in [0.1, 0.15) is 0 Å². The number of benzene rings is 3. The van der Waals surface area contributed by atoms with Gasteiger partial charge in [0.05, 0.1) is 23.0 Å². The van der Waals surface area contributed by atoms with Crippen molar-refractivity contribution in [1.82, 2.24) is 0 Å². The van der Waals surface area contributed by atoms with Crippen molar-refractivity contribution in [2.75, 3.05) is 7.11 Å². The summed E-state index contributed by atoms with van der Waals surface area (Å²) in [5, 5.41) is 14.1. The van der Waals surface area contributed by atoms with Crippen LogP contribution in [0.25, 0.3) is 21.5 Å². The van der Waals surface area contributed by atoms with Crippen LogP contribution >= 0.6 is 0 Å². The van der Waals surface area contributed by atoms with Crippen LogP contribution in [0.3, 0.4) is 0 Å². The van der Waals surface area contributed by atoms with Gasteiger partial charge >= 0.3 is 5.97 Å². The third-order valence-electron chi connectivity index (χ3n) is 3.71. The van der Waals surface area contributed by atoms with E-state index in [1.165, 1.54) is 13.2 Å². The Hall–Kier alpha value is -2.95. The summed E-state index contributed by atoms with van der Waals surface area (Å²) in [6.07, 6.45) is 0. The molecule has 0 radical (unpaired) electrons. The minimum Gasteiger partial charge on any atom is -0.465 e. The molecule has 0 atom stereocenters. The number of hydrogen-bond donors (Lipinski definition) is 0. The van der Waals surface area contributed by atoms with E-state index < -0.39 is 10.9 Å². The zero-order valence-electron chi connectivity index (χ0n) is 12.1. The molecule has 3 aromatic rings. The van der Waals surface area contributed by atoms with Gasteiger partial charge in [0, 0.05) is 6.07 Å². The Labute approximate surface area is 126 Å². The molecule has 0 heterocycles. The molecule has 0 amide bonds. The highest BCUT2D eigenvalue weighted by Crippen LogP contribution is 2.35. The van der Waals surface area contributed by atoms with Crippen molar-refractivity contribution in [3.05, 3.63) is 63.7 Å². The Morgan fingerprint density at radius 2 is 1.91 bits per heavy atom. The number of rotatable bonds is 2. The lowest BCUT2D eigenvalue weighted by Gasteiger charge is -2.10. The van der Waals surface area contributed by atoms with Gasteiger partial charge < -0.3 is 4.74 Å². The fourth-order valence-corrected chi connectivity index (χ4v) is 2.73. The van der Waals surface area contributed by atoms with Gasteiger partial charge in [-0.2, -0.15) is 0 Å². The van der Waals surface area contributed by atoms with Crippen LogP contribution in [-0.2, 0) is 4.74 Å². The Bertz CT molecular complexity index is 931. The molecule has 5 nitrogen and oxygen atoms in total. The van der Waals surface area contributed by atoms with Crippen molar-refractivity contribution in [3.63, 3.8) is 0 Å². The summed E-state index contributed by atoms with van der Waals surface area (Å²) in [4.78, 5) is 22.9. The van der Waals surface area contributed by atoms with Crippen LogP contribution in [0.5, 0.6) is 0 Å². The third-order valence-corrected chi connectivity index (χ3v) is 3.71. The number of ether oxygens (including phenoxy) is 1. The highest BCUT2D eigenvalue weighted by Gasteiger charge is 2.21. The van der Waals surface area contributed by atoms with Gasteiger partial charge in [0.25, 0.3) is 5.69 Å². The summed E-state index contributed by atoms with van der Waals surface area (Å²) in [5.41, 5.74) is 1.16. The molecule has 0 saturated carbocycles. The highest BCUT2D eigenvalue weighted by molar-refractivity contribution is 6.18. The predicted octanol–water partition coefficient (Wildman–Crippen LogP) is 4.00. The van der Waals surface area contributed by atoms with Crippen molar-refractivity contribution in [2.45, 2.75) is 6.92 Å². The van der Waals surface area contributed by atoms with Crippen LogP contribution in [0.1, 0.15) is 15.9 Å². The summed E-state index contributed by atoms with van der Waals surface area (Å²) in [7, 11) is 1.27. The number of nitro benzene ring substituents is 1. The lowest BCUT2D eigenvalue weighted by atomic mass is 9.95. The Morgan fingerprint density at radius 3 is 2.59 bits per heavy atom. The first-order chi connectivity index (χ1) is 10.5. The maximum absolute atomic E-state index is 12.1. The van der Waals surface area contributed by atoms with Gasteiger partial charge in [-0.3, -0.25) is 10.1 Å². The minimum absolute atomic E-state index is 0.0960. The maximum Gasteiger partial charge on any atom is 0.338 e. The summed E-state index contributed by atoms with van der Waals surface area (Å²) in [5.74, 6) is -0.582. The Morgan fingerprint density at radius 1 is 1.14 bits per heavy atom. The molecule has 0 bridgehead atoms. The van der Waals surface area contributed by atoms with Crippen molar-refractivity contribution < 1.29 is 14.5 Å². The Balaban J connectivity index is 2.57. The van der Waals surface area contributed by atoms with Crippen LogP contribution in [0.4, 0.5) is 5.69 Å². The number of aryl methyl sites for hydroxylation is 1. The number of carbonyl (C=O) groups excluding carboxylic acids is 1. The fourth-order valence-electron chi connectivity index (χ4n) is 2.73. The molecule has 0 saturated heterocycles. The van der Waals surface area contributed by atoms with Crippen LogP contribution in [0.2, 0.25) is 0 Å². The first-order valence-corrected chi connectivity index (χ1v) is 6.71. The number of nitrogens with zero attached hydrogens (tertiary/aromatic N) is 1. The number of non-ortho nitro benzene ring substituents is 1. The zero-order chi connectivity index (χ0) is 15.9. The molecule has 0 unspecified atom stereocenters. The van der Waals surface area contributed by atoms with Crippen molar-refractivity contribution >= 4 is 33.2 Å². The molecule has 22 heavy (non-hydrogen) atoms. The summed E-state index contributed by atoms with van der Waals surface area (Å²) >= 11 is 0. The molecule has 0 spiro atoms. The molecule has 3 rings (SSSR count). The smallest absolute Gasteiger partial charge is 0.338 e. The first kappa shape index (κ1) is 14.0. The molecule has 3 aromatic carbocycles. The number of hydrogen-bond acceptors (Lipinski definition) is 4. The van der Waals surface area contributed by atoms with E-state index in [1.807, 2.05) is 25.1 Å². The second kappa shape index (κ2) is 5.11. The molecule has 0 aliphatic rings. The lowest BCUT2D eigenvalue weighted by Crippen LogP contribution is -2.04. The van der Waals surface area contributed by atoms with Crippen LogP contribution in [0.15, 0.2) is 42.5 Å². The quantitative estimate of drug-likeness (QED) is 0.310. The Kier molecular flexibility index (Phi) is 3.25. The summed E-state index contributed by atoms with van der Waals surface area (Å²) in [6.45, 7) is 1.96. The number of methoxy groups -OCH3 is 1. The maximum atomic E-state index is 12.1. The molecular formula is C17H13NO4. The minimum atomic E-state index is -0.582. The first-order valence-electron chi connectivity index (χ1n) is 6.71. The molecule has 0 N–H and O–H groups in total. The molecule has 110 valence electrons. The summed E-state index contributed by atoms with van der Waals surface area (Å²) in [6, 6.07) is 12.3. The van der Waals surface area contributed by atoms with Crippen molar-refractivity contribution in [1.29, 1.82) is 0 Å².